The van der Waals surface area contributed by atoms with Crippen LogP contribution < -0.4 is 0 Å². The van der Waals surface area contributed by atoms with Crippen LogP contribution in [-0.2, 0) is 9.53 Å². The van der Waals surface area contributed by atoms with E-state index in [1.807, 2.05) is 0 Å². The maximum absolute atomic E-state index is 11.0. The number of nitrogens with zero attached hydrogens (tertiary/aromatic N) is 1. The van der Waals surface area contributed by atoms with Crippen LogP contribution in [-0.4, -0.2) is 28.6 Å². The van der Waals surface area contributed by atoms with Crippen LogP contribution in [0.4, 0.5) is 0 Å². The molecule has 0 fully saturated rings. The summed E-state index contributed by atoms with van der Waals surface area (Å²) in [6, 6.07) is 3.01. The normalized spacial score (nSPS) is 10.4. The fourth-order valence-electron chi connectivity index (χ4n) is 1.22. The van der Waals surface area contributed by atoms with Gasteiger partial charge in [0.05, 0.1) is 24.3 Å². The average Bonchev–Trinajstić information content (AvgIpc) is 2.30. The minimum Gasteiger partial charge on any atom is -0.478 e. The summed E-state index contributed by atoms with van der Waals surface area (Å²) in [7, 11) is 0. The summed E-state index contributed by atoms with van der Waals surface area (Å²) in [6.07, 6.45) is 4.63. The van der Waals surface area contributed by atoms with Gasteiger partial charge in [-0.15, -0.1) is 0 Å². The first-order valence-electron chi connectivity index (χ1n) is 5.15. The number of carbonyl (C=O) groups excluding carboxylic acids is 1. The fraction of sp³-hybridized carbons (Fsp3) is 0.250. The summed E-state index contributed by atoms with van der Waals surface area (Å²) in [5.41, 5.74) is 0.428. The molecule has 0 bridgehead atoms. The van der Waals surface area contributed by atoms with E-state index in [9.17, 15) is 9.59 Å². The van der Waals surface area contributed by atoms with E-state index in [2.05, 4.69) is 4.98 Å². The zero-order valence-corrected chi connectivity index (χ0v) is 9.42. The molecular formula is C12H13NO4. The van der Waals surface area contributed by atoms with Crippen LogP contribution in [0.1, 0.15) is 29.4 Å². The molecule has 5 nitrogen and oxygen atoms in total. The molecule has 0 unspecified atom stereocenters. The van der Waals surface area contributed by atoms with Gasteiger partial charge < -0.3 is 9.84 Å². The molecular weight excluding hydrogens is 222 g/mol. The monoisotopic (exact) mass is 235 g/mol. The van der Waals surface area contributed by atoms with Crippen molar-refractivity contribution < 1.29 is 19.4 Å². The lowest BCUT2D eigenvalue weighted by molar-refractivity contribution is -0.142. The van der Waals surface area contributed by atoms with Crippen molar-refractivity contribution in [2.75, 3.05) is 6.61 Å². The second-order valence-corrected chi connectivity index (χ2v) is 3.15. The molecule has 1 aromatic heterocycles. The van der Waals surface area contributed by atoms with Crippen LogP contribution in [0.2, 0.25) is 0 Å². The third-order valence-corrected chi connectivity index (χ3v) is 1.93. The Morgan fingerprint density at radius 2 is 2.29 bits per heavy atom. The van der Waals surface area contributed by atoms with Crippen LogP contribution in [0.15, 0.2) is 24.4 Å². The Balaban J connectivity index is 2.71. The van der Waals surface area contributed by atoms with Gasteiger partial charge in [-0.05, 0) is 25.1 Å². The van der Waals surface area contributed by atoms with E-state index < -0.39 is 5.97 Å². The second kappa shape index (κ2) is 6.42. The van der Waals surface area contributed by atoms with Crippen molar-refractivity contribution in [1.82, 2.24) is 4.98 Å². The Morgan fingerprint density at radius 3 is 2.94 bits per heavy atom. The highest BCUT2D eigenvalue weighted by molar-refractivity contribution is 5.91. The zero-order chi connectivity index (χ0) is 12.7. The number of hydrogen-bond donors (Lipinski definition) is 1. The quantitative estimate of drug-likeness (QED) is 0.787. The van der Waals surface area contributed by atoms with E-state index >= 15 is 0 Å². The number of carboxylic acid groups (broad SMARTS) is 1. The van der Waals surface area contributed by atoms with Crippen molar-refractivity contribution in [2.24, 2.45) is 0 Å². The highest BCUT2D eigenvalue weighted by Crippen LogP contribution is 2.07. The van der Waals surface area contributed by atoms with E-state index in [4.69, 9.17) is 9.84 Å². The lowest BCUT2D eigenvalue weighted by Gasteiger charge is -1.99. The van der Waals surface area contributed by atoms with Gasteiger partial charge in [-0.25, -0.2) is 4.79 Å². The van der Waals surface area contributed by atoms with Crippen LogP contribution in [0, 0.1) is 0 Å². The van der Waals surface area contributed by atoms with Crippen LogP contribution in [0.25, 0.3) is 6.08 Å². The highest BCUT2D eigenvalue weighted by Gasteiger charge is 2.07. The number of carbonyl (C=O) groups is 2. The van der Waals surface area contributed by atoms with Gasteiger partial charge in [0.15, 0.2) is 0 Å². The Bertz CT molecular complexity index is 440. The number of esters is 1. The molecule has 1 aromatic rings. The predicted molar refractivity (Wildman–Crippen MR) is 61.5 cm³/mol. The maximum atomic E-state index is 11.0. The number of ether oxygens (including phenoxy) is 1. The standard InChI is InChI=1S/C12H13NO4/c1-2-17-11(14)7-3-6-10-9(12(15)16)5-4-8-13-10/h3-6,8H,2,7H2,1H3,(H,15,16). The molecule has 1 N–H and O–H groups in total. The molecule has 0 saturated carbocycles. The molecule has 0 saturated heterocycles. The van der Waals surface area contributed by atoms with Gasteiger partial charge in [0.2, 0.25) is 0 Å². The minimum absolute atomic E-state index is 0.101. The first-order chi connectivity index (χ1) is 8.15. The number of aromatic carboxylic acids is 1. The summed E-state index contributed by atoms with van der Waals surface area (Å²) in [6.45, 7) is 2.06. The number of carboxylic acids is 1. The SMILES string of the molecule is CCOC(=O)CC=Cc1ncccc1C(=O)O. The lowest BCUT2D eigenvalue weighted by atomic mass is 10.2. The van der Waals surface area contributed by atoms with E-state index in [1.54, 1.807) is 13.0 Å². The van der Waals surface area contributed by atoms with Gasteiger partial charge in [0.25, 0.3) is 0 Å². The number of rotatable bonds is 5. The molecule has 1 rings (SSSR count). The third-order valence-electron chi connectivity index (χ3n) is 1.93. The summed E-state index contributed by atoms with van der Waals surface area (Å²) in [5, 5.41) is 8.89. The Morgan fingerprint density at radius 1 is 1.53 bits per heavy atom. The van der Waals surface area contributed by atoms with Gasteiger partial charge in [0, 0.05) is 6.20 Å². The molecule has 0 aliphatic rings. The second-order valence-electron chi connectivity index (χ2n) is 3.15. The Hall–Kier alpha value is -2.17. The van der Waals surface area contributed by atoms with E-state index in [-0.39, 0.29) is 18.0 Å². The molecule has 5 heteroatoms. The molecule has 0 aromatic carbocycles. The van der Waals surface area contributed by atoms with Crippen molar-refractivity contribution in [1.29, 1.82) is 0 Å². The van der Waals surface area contributed by atoms with Crippen molar-refractivity contribution in [3.8, 4) is 0 Å². The molecule has 0 aliphatic carbocycles. The van der Waals surface area contributed by atoms with E-state index in [0.717, 1.165) is 0 Å². The van der Waals surface area contributed by atoms with Crippen molar-refractivity contribution >= 4 is 18.0 Å². The molecule has 17 heavy (non-hydrogen) atoms. The Labute approximate surface area is 98.7 Å². The van der Waals surface area contributed by atoms with E-state index in [1.165, 1.54) is 24.4 Å². The summed E-state index contributed by atoms with van der Waals surface area (Å²) in [5.74, 6) is -1.40. The maximum Gasteiger partial charge on any atom is 0.337 e. The zero-order valence-electron chi connectivity index (χ0n) is 9.42. The number of pyridine rings is 1. The van der Waals surface area contributed by atoms with Crippen LogP contribution >= 0.6 is 0 Å². The van der Waals surface area contributed by atoms with Crippen molar-refractivity contribution in [2.45, 2.75) is 13.3 Å². The summed E-state index contributed by atoms with van der Waals surface area (Å²) in [4.78, 5) is 25.8. The largest absolute Gasteiger partial charge is 0.478 e. The first kappa shape index (κ1) is 12.9. The van der Waals surface area contributed by atoms with Crippen molar-refractivity contribution in [3.63, 3.8) is 0 Å². The number of aromatic nitrogens is 1. The van der Waals surface area contributed by atoms with Gasteiger partial charge in [-0.3, -0.25) is 9.78 Å². The third kappa shape index (κ3) is 4.06. The van der Waals surface area contributed by atoms with Crippen LogP contribution in [0.3, 0.4) is 0 Å². The van der Waals surface area contributed by atoms with Gasteiger partial charge >= 0.3 is 11.9 Å². The predicted octanol–water partition coefficient (Wildman–Crippen LogP) is 1.75. The summed E-state index contributed by atoms with van der Waals surface area (Å²) >= 11 is 0. The molecule has 0 spiro atoms. The molecule has 1 heterocycles. The smallest absolute Gasteiger partial charge is 0.337 e. The van der Waals surface area contributed by atoms with E-state index in [0.29, 0.717) is 12.3 Å². The molecule has 0 amide bonds. The van der Waals surface area contributed by atoms with Gasteiger partial charge in [-0.1, -0.05) is 6.08 Å². The van der Waals surface area contributed by atoms with Gasteiger partial charge in [-0.2, -0.15) is 0 Å². The minimum atomic E-state index is -1.05. The number of hydrogen-bond acceptors (Lipinski definition) is 4. The lowest BCUT2D eigenvalue weighted by Crippen LogP contribution is -2.02. The summed E-state index contributed by atoms with van der Waals surface area (Å²) < 4.78 is 4.73. The average molecular weight is 235 g/mol. The molecule has 0 aliphatic heterocycles. The fourth-order valence-corrected chi connectivity index (χ4v) is 1.22. The molecule has 0 radical (unpaired) electrons. The highest BCUT2D eigenvalue weighted by atomic mass is 16.5. The van der Waals surface area contributed by atoms with Crippen molar-refractivity contribution in [3.05, 3.63) is 35.7 Å². The molecule has 90 valence electrons. The van der Waals surface area contributed by atoms with Crippen LogP contribution in [0.5, 0.6) is 0 Å². The topological polar surface area (TPSA) is 76.5 Å². The molecule has 0 atom stereocenters. The van der Waals surface area contributed by atoms with Gasteiger partial charge in [0.1, 0.15) is 0 Å². The first-order valence-corrected chi connectivity index (χ1v) is 5.15. The Kier molecular flexibility index (Phi) is 4.87.